The maximum Gasteiger partial charge on any atom is 0.227 e. The molecule has 0 aliphatic heterocycles. The van der Waals surface area contributed by atoms with Gasteiger partial charge in [-0.15, -0.1) is 0 Å². The summed E-state index contributed by atoms with van der Waals surface area (Å²) in [4.78, 5) is 4.47. The average Bonchev–Trinajstić information content (AvgIpc) is 3.02. The molecule has 1 aromatic heterocycles. The maximum absolute atomic E-state index is 5.32. The smallest absolute Gasteiger partial charge is 0.227 e. The lowest BCUT2D eigenvalue weighted by Gasteiger charge is -2.02. The van der Waals surface area contributed by atoms with Gasteiger partial charge in [0.1, 0.15) is 0 Å². The first-order valence-corrected chi connectivity index (χ1v) is 6.30. The summed E-state index contributed by atoms with van der Waals surface area (Å²) in [6.07, 6.45) is 6.26. The molecule has 0 saturated heterocycles. The fraction of sp³-hybridized carbons (Fsp3) is 0.429. The van der Waals surface area contributed by atoms with Crippen molar-refractivity contribution >= 4 is 0 Å². The van der Waals surface area contributed by atoms with E-state index in [9.17, 15) is 0 Å². The SMILES string of the molecule is c1ccc(-c2noc(CC3CCCC3)n2)cc1. The van der Waals surface area contributed by atoms with Gasteiger partial charge in [0.05, 0.1) is 0 Å². The summed E-state index contributed by atoms with van der Waals surface area (Å²) < 4.78 is 5.32. The third-order valence-corrected chi connectivity index (χ3v) is 3.44. The molecule has 0 spiro atoms. The molecule has 0 amide bonds. The van der Waals surface area contributed by atoms with Crippen molar-refractivity contribution in [2.45, 2.75) is 32.1 Å². The van der Waals surface area contributed by atoms with Crippen molar-refractivity contribution in [3.8, 4) is 11.4 Å². The minimum Gasteiger partial charge on any atom is -0.339 e. The molecule has 0 bridgehead atoms. The van der Waals surface area contributed by atoms with E-state index in [1.54, 1.807) is 0 Å². The molecule has 1 aliphatic carbocycles. The fourth-order valence-corrected chi connectivity index (χ4v) is 2.50. The van der Waals surface area contributed by atoms with Crippen LogP contribution in [-0.4, -0.2) is 10.1 Å². The van der Waals surface area contributed by atoms with E-state index in [2.05, 4.69) is 10.1 Å². The van der Waals surface area contributed by atoms with Crippen molar-refractivity contribution in [2.24, 2.45) is 5.92 Å². The lowest BCUT2D eigenvalue weighted by molar-refractivity contribution is 0.353. The number of hydrogen-bond acceptors (Lipinski definition) is 3. The molecule has 3 nitrogen and oxygen atoms in total. The van der Waals surface area contributed by atoms with Gasteiger partial charge in [0, 0.05) is 12.0 Å². The summed E-state index contributed by atoms with van der Waals surface area (Å²) in [6, 6.07) is 9.97. The molecule has 1 aliphatic rings. The van der Waals surface area contributed by atoms with Crippen LogP contribution < -0.4 is 0 Å². The number of rotatable bonds is 3. The van der Waals surface area contributed by atoms with Crippen LogP contribution in [0.1, 0.15) is 31.6 Å². The summed E-state index contributed by atoms with van der Waals surface area (Å²) in [5, 5.41) is 4.04. The molecule has 0 atom stereocenters. The van der Waals surface area contributed by atoms with E-state index >= 15 is 0 Å². The Labute approximate surface area is 101 Å². The molecule has 3 heteroatoms. The number of nitrogens with zero attached hydrogens (tertiary/aromatic N) is 2. The molecule has 1 saturated carbocycles. The van der Waals surface area contributed by atoms with Crippen molar-refractivity contribution in [1.29, 1.82) is 0 Å². The molecule has 1 heterocycles. The molecular formula is C14H16N2O. The average molecular weight is 228 g/mol. The molecule has 3 rings (SSSR count). The van der Waals surface area contributed by atoms with E-state index in [4.69, 9.17) is 4.52 Å². The number of benzene rings is 1. The zero-order valence-corrected chi connectivity index (χ0v) is 9.80. The van der Waals surface area contributed by atoms with E-state index in [0.29, 0.717) is 5.82 Å². The van der Waals surface area contributed by atoms with Gasteiger partial charge in [-0.05, 0) is 18.8 Å². The second-order valence-corrected chi connectivity index (χ2v) is 4.73. The van der Waals surface area contributed by atoms with E-state index in [-0.39, 0.29) is 0 Å². The second kappa shape index (κ2) is 4.70. The highest BCUT2D eigenvalue weighted by atomic mass is 16.5. The van der Waals surface area contributed by atoms with Gasteiger partial charge in [0.25, 0.3) is 0 Å². The summed E-state index contributed by atoms with van der Waals surface area (Å²) in [7, 11) is 0. The summed E-state index contributed by atoms with van der Waals surface area (Å²) in [5.74, 6) is 2.24. The zero-order chi connectivity index (χ0) is 11.5. The van der Waals surface area contributed by atoms with Crippen molar-refractivity contribution in [3.63, 3.8) is 0 Å². The van der Waals surface area contributed by atoms with Gasteiger partial charge in [-0.3, -0.25) is 0 Å². The van der Waals surface area contributed by atoms with Crippen LogP contribution in [0.15, 0.2) is 34.9 Å². The van der Waals surface area contributed by atoms with Crippen molar-refractivity contribution in [2.75, 3.05) is 0 Å². The Morgan fingerprint density at radius 2 is 1.88 bits per heavy atom. The van der Waals surface area contributed by atoms with Crippen LogP contribution in [0.3, 0.4) is 0 Å². The van der Waals surface area contributed by atoms with Crippen molar-refractivity contribution in [1.82, 2.24) is 10.1 Å². The van der Waals surface area contributed by atoms with Crippen LogP contribution in [0.25, 0.3) is 11.4 Å². The number of aromatic nitrogens is 2. The van der Waals surface area contributed by atoms with Crippen LogP contribution in [0.4, 0.5) is 0 Å². The van der Waals surface area contributed by atoms with Gasteiger partial charge in [0.15, 0.2) is 0 Å². The van der Waals surface area contributed by atoms with Crippen LogP contribution in [0, 0.1) is 5.92 Å². The molecular weight excluding hydrogens is 212 g/mol. The monoisotopic (exact) mass is 228 g/mol. The second-order valence-electron chi connectivity index (χ2n) is 4.73. The Bertz CT molecular complexity index is 472. The lowest BCUT2D eigenvalue weighted by atomic mass is 10.0. The van der Waals surface area contributed by atoms with Crippen LogP contribution in [-0.2, 0) is 6.42 Å². The van der Waals surface area contributed by atoms with E-state index in [0.717, 1.165) is 23.8 Å². The van der Waals surface area contributed by atoms with Crippen molar-refractivity contribution in [3.05, 3.63) is 36.2 Å². The Morgan fingerprint density at radius 3 is 2.65 bits per heavy atom. The first-order chi connectivity index (χ1) is 8.42. The Morgan fingerprint density at radius 1 is 1.12 bits per heavy atom. The van der Waals surface area contributed by atoms with Gasteiger partial charge < -0.3 is 4.52 Å². The Hall–Kier alpha value is -1.64. The minimum absolute atomic E-state index is 0.707. The standard InChI is InChI=1S/C14H16N2O/c1-2-8-12(9-3-1)14-15-13(17-16-14)10-11-6-4-5-7-11/h1-3,8-9,11H,4-7,10H2. The largest absolute Gasteiger partial charge is 0.339 e. The molecule has 0 unspecified atom stereocenters. The first-order valence-electron chi connectivity index (χ1n) is 6.30. The van der Waals surface area contributed by atoms with Crippen LogP contribution in [0.2, 0.25) is 0 Å². The lowest BCUT2D eigenvalue weighted by Crippen LogP contribution is -1.98. The molecule has 1 fully saturated rings. The molecule has 0 N–H and O–H groups in total. The molecule has 2 aromatic rings. The Kier molecular flexibility index (Phi) is 2.90. The molecule has 0 radical (unpaired) electrons. The van der Waals surface area contributed by atoms with Gasteiger partial charge in [-0.1, -0.05) is 48.3 Å². The van der Waals surface area contributed by atoms with Gasteiger partial charge in [-0.25, -0.2) is 0 Å². The molecule has 1 aromatic carbocycles. The predicted octanol–water partition coefficient (Wildman–Crippen LogP) is 3.47. The van der Waals surface area contributed by atoms with Crippen molar-refractivity contribution < 1.29 is 4.52 Å². The first kappa shape index (κ1) is 10.5. The molecule has 17 heavy (non-hydrogen) atoms. The van der Waals surface area contributed by atoms with E-state index in [1.165, 1.54) is 25.7 Å². The van der Waals surface area contributed by atoms with E-state index in [1.807, 2.05) is 30.3 Å². The molecule has 88 valence electrons. The zero-order valence-electron chi connectivity index (χ0n) is 9.80. The summed E-state index contributed by atoms with van der Waals surface area (Å²) >= 11 is 0. The Balaban J connectivity index is 1.74. The predicted molar refractivity (Wildman–Crippen MR) is 65.4 cm³/mol. The van der Waals surface area contributed by atoms with Crippen LogP contribution in [0.5, 0.6) is 0 Å². The maximum atomic E-state index is 5.32. The minimum atomic E-state index is 0.707. The summed E-state index contributed by atoms with van der Waals surface area (Å²) in [5.41, 5.74) is 1.02. The topological polar surface area (TPSA) is 38.9 Å². The highest BCUT2D eigenvalue weighted by molar-refractivity contribution is 5.53. The fourth-order valence-electron chi connectivity index (χ4n) is 2.50. The van der Waals surface area contributed by atoms with Gasteiger partial charge in [0.2, 0.25) is 11.7 Å². The van der Waals surface area contributed by atoms with Crippen LogP contribution >= 0.6 is 0 Å². The quantitative estimate of drug-likeness (QED) is 0.807. The van der Waals surface area contributed by atoms with Gasteiger partial charge in [-0.2, -0.15) is 4.98 Å². The normalized spacial score (nSPS) is 16.5. The third-order valence-electron chi connectivity index (χ3n) is 3.44. The highest BCUT2D eigenvalue weighted by Gasteiger charge is 2.18. The summed E-state index contributed by atoms with van der Waals surface area (Å²) in [6.45, 7) is 0. The van der Waals surface area contributed by atoms with E-state index < -0.39 is 0 Å². The van der Waals surface area contributed by atoms with Gasteiger partial charge >= 0.3 is 0 Å². The third kappa shape index (κ3) is 2.38. The number of hydrogen-bond donors (Lipinski definition) is 0. The highest BCUT2D eigenvalue weighted by Crippen LogP contribution is 2.28.